The Hall–Kier alpha value is -5.61. The fourth-order valence-corrected chi connectivity index (χ4v) is 8.58. The minimum absolute atomic E-state index is 0.0601. The number of Topliss-reactive ketones (excluding diaryl/α,β-unsaturated/α-hetero) is 1. The van der Waals surface area contributed by atoms with Gasteiger partial charge in [0.1, 0.15) is 0 Å². The van der Waals surface area contributed by atoms with Crippen LogP contribution >= 0.6 is 0 Å². The Kier molecular flexibility index (Phi) is 14.1. The normalized spacial score (nSPS) is 32.8. The number of hydrogen-bond acceptors (Lipinski definition) is 17. The van der Waals surface area contributed by atoms with Crippen LogP contribution in [-0.2, 0) is 76.3 Å². The number of esters is 8. The fourth-order valence-electron chi connectivity index (χ4n) is 8.58. The largest absolute Gasteiger partial charge is 0.458 e. The maximum atomic E-state index is 15.3. The van der Waals surface area contributed by atoms with Gasteiger partial charge in [-0.25, -0.2) is 4.79 Å². The van der Waals surface area contributed by atoms with Crippen molar-refractivity contribution in [3.8, 4) is 0 Å². The molecule has 60 heavy (non-hydrogen) atoms. The molecule has 0 bridgehead atoms. The first-order valence-electron chi connectivity index (χ1n) is 19.6. The van der Waals surface area contributed by atoms with E-state index in [9.17, 15) is 38.4 Å². The summed E-state index contributed by atoms with van der Waals surface area (Å²) in [7, 11) is 0. The third-order valence-corrected chi connectivity index (χ3v) is 10.9. The SMILES string of the molecule is CC(=O)O[C@H]1[C@@H](OC(C)=O)C(C)(C)/C=C\[C@H](C)C(=O)[C@@]2(OC(C)=O)C[C@@](C)(OC(C)=O)[C@H](OC(C)=O)[C@@H]2[C@H]2OC(=O)CC[C@@]2(OC(=O)c2ccccc2)[C@@H]1OC(=O)C(C)C. The smallest absolute Gasteiger partial charge is 0.338 e. The fraction of sp³-hybridized carbons (Fsp3) is 0.605. The molecule has 0 unspecified atom stereocenters. The molecule has 17 heteroatoms. The molecular formula is C43H54O17. The van der Waals surface area contributed by atoms with Crippen molar-refractivity contribution in [3.63, 3.8) is 0 Å². The number of carbonyl (C=O) groups excluding carboxylic acids is 9. The number of rotatable bonds is 9. The van der Waals surface area contributed by atoms with Crippen molar-refractivity contribution in [2.45, 2.75) is 143 Å². The Labute approximate surface area is 348 Å². The Morgan fingerprint density at radius 3 is 1.82 bits per heavy atom. The third kappa shape index (κ3) is 9.71. The molecule has 1 aromatic carbocycles. The summed E-state index contributed by atoms with van der Waals surface area (Å²) in [5, 5.41) is 0. The second-order valence-electron chi connectivity index (χ2n) is 16.7. The molecule has 2 fully saturated rings. The lowest BCUT2D eigenvalue weighted by Gasteiger charge is -2.53. The van der Waals surface area contributed by atoms with Gasteiger partial charge in [0.05, 0.1) is 17.4 Å². The highest BCUT2D eigenvalue weighted by Gasteiger charge is 2.76. The summed E-state index contributed by atoms with van der Waals surface area (Å²) in [4.78, 5) is 123. The van der Waals surface area contributed by atoms with Crippen LogP contribution in [0.25, 0.3) is 0 Å². The topological polar surface area (TPSA) is 227 Å². The highest BCUT2D eigenvalue weighted by molar-refractivity contribution is 5.94. The molecule has 4 rings (SSSR count). The molecule has 1 aliphatic heterocycles. The van der Waals surface area contributed by atoms with E-state index in [4.69, 9.17) is 37.9 Å². The summed E-state index contributed by atoms with van der Waals surface area (Å²) < 4.78 is 48.7. The standard InChI is InChI=1S/C43H54O17/c1-22(2)38(51)57-37-32(53-24(4)44)36(55-26(6)46)40(9,10)19-17-23(3)33(50)43(59-28(8)48)21-41(11,58-27(7)47)34(54-25(5)45)31(43)35-42(37,20-18-30(49)56-35)60-39(52)29-15-13-12-14-16-29/h12-17,19,22-23,31-32,34-37H,18,20-21H2,1-11H3/b19-17-/t23-,31+,32-,34+,35+,36+,37+,41+,42-,43+/m0/s1. The van der Waals surface area contributed by atoms with Gasteiger partial charge in [-0.2, -0.15) is 0 Å². The average molecular weight is 843 g/mol. The number of benzene rings is 1. The molecule has 0 amide bonds. The van der Waals surface area contributed by atoms with E-state index in [1.165, 1.54) is 64.1 Å². The van der Waals surface area contributed by atoms with Crippen molar-refractivity contribution in [3.05, 3.63) is 48.0 Å². The number of carbonyl (C=O) groups is 9. The molecule has 2 aliphatic carbocycles. The Morgan fingerprint density at radius 2 is 1.28 bits per heavy atom. The number of fused-ring (bicyclic) bond motifs is 3. The summed E-state index contributed by atoms with van der Waals surface area (Å²) >= 11 is 0. The molecule has 0 radical (unpaired) electrons. The van der Waals surface area contributed by atoms with Gasteiger partial charge in [-0.1, -0.05) is 65.0 Å². The molecule has 1 saturated carbocycles. The van der Waals surface area contributed by atoms with Crippen LogP contribution in [0.3, 0.4) is 0 Å². The van der Waals surface area contributed by atoms with Gasteiger partial charge in [-0.3, -0.25) is 38.4 Å². The van der Waals surface area contributed by atoms with Gasteiger partial charge < -0.3 is 37.9 Å². The van der Waals surface area contributed by atoms with E-state index in [0.29, 0.717) is 0 Å². The number of allylic oxidation sites excluding steroid dienone is 1. The van der Waals surface area contributed by atoms with Crippen LogP contribution in [0.15, 0.2) is 42.5 Å². The first-order chi connectivity index (χ1) is 27.8. The molecule has 0 N–H and O–H groups in total. The maximum absolute atomic E-state index is 15.3. The van der Waals surface area contributed by atoms with Gasteiger partial charge in [0.25, 0.3) is 0 Å². The monoisotopic (exact) mass is 842 g/mol. The van der Waals surface area contributed by atoms with Gasteiger partial charge in [-0.05, 0) is 19.1 Å². The summed E-state index contributed by atoms with van der Waals surface area (Å²) in [6.45, 7) is 14.1. The van der Waals surface area contributed by atoms with Crippen molar-refractivity contribution < 1.29 is 81.0 Å². The van der Waals surface area contributed by atoms with E-state index in [1.807, 2.05) is 0 Å². The second-order valence-corrected chi connectivity index (χ2v) is 16.7. The quantitative estimate of drug-likeness (QED) is 0.194. The molecule has 328 valence electrons. The van der Waals surface area contributed by atoms with Crippen molar-refractivity contribution in [1.82, 2.24) is 0 Å². The lowest BCUT2D eigenvalue weighted by Crippen LogP contribution is -2.72. The minimum atomic E-state index is -2.59. The molecule has 0 spiro atoms. The van der Waals surface area contributed by atoms with Gasteiger partial charge in [0.2, 0.25) is 0 Å². The minimum Gasteiger partial charge on any atom is -0.458 e. The molecular weight excluding hydrogens is 788 g/mol. The Morgan fingerprint density at radius 1 is 0.717 bits per heavy atom. The predicted molar refractivity (Wildman–Crippen MR) is 205 cm³/mol. The van der Waals surface area contributed by atoms with E-state index < -0.39 is 143 Å². The molecule has 1 heterocycles. The van der Waals surface area contributed by atoms with Crippen LogP contribution in [0.4, 0.5) is 0 Å². The van der Waals surface area contributed by atoms with Crippen molar-refractivity contribution >= 4 is 53.5 Å². The number of ether oxygens (including phenoxy) is 8. The average Bonchev–Trinajstić information content (AvgIpc) is 3.36. The van der Waals surface area contributed by atoms with E-state index in [0.717, 1.165) is 34.6 Å². The highest BCUT2D eigenvalue weighted by atomic mass is 16.7. The van der Waals surface area contributed by atoms with Gasteiger partial charge in [0.15, 0.2) is 53.1 Å². The zero-order chi connectivity index (χ0) is 45.1. The zero-order valence-electron chi connectivity index (χ0n) is 35.7. The molecule has 3 aliphatic rings. The maximum Gasteiger partial charge on any atom is 0.338 e. The van der Waals surface area contributed by atoms with E-state index in [2.05, 4.69) is 0 Å². The Balaban J connectivity index is 2.34. The lowest BCUT2D eigenvalue weighted by molar-refractivity contribution is -0.265. The first kappa shape index (κ1) is 47.1. The van der Waals surface area contributed by atoms with Crippen LogP contribution < -0.4 is 0 Å². The third-order valence-electron chi connectivity index (χ3n) is 10.9. The van der Waals surface area contributed by atoms with Crippen LogP contribution in [0, 0.1) is 23.2 Å². The van der Waals surface area contributed by atoms with Gasteiger partial charge in [-0.15, -0.1) is 0 Å². The first-order valence-corrected chi connectivity index (χ1v) is 19.6. The molecule has 1 saturated heterocycles. The van der Waals surface area contributed by atoms with E-state index >= 15 is 4.79 Å². The van der Waals surface area contributed by atoms with Crippen LogP contribution in [-0.4, -0.2) is 101 Å². The van der Waals surface area contributed by atoms with Gasteiger partial charge >= 0.3 is 47.8 Å². The summed E-state index contributed by atoms with van der Waals surface area (Å²) in [5.74, 6) is -12.7. The van der Waals surface area contributed by atoms with Crippen molar-refractivity contribution in [1.29, 1.82) is 0 Å². The predicted octanol–water partition coefficient (Wildman–Crippen LogP) is 4.10. The van der Waals surface area contributed by atoms with Crippen LogP contribution in [0.1, 0.15) is 106 Å². The van der Waals surface area contributed by atoms with Crippen molar-refractivity contribution in [2.24, 2.45) is 23.2 Å². The lowest BCUT2D eigenvalue weighted by atomic mass is 9.66. The zero-order valence-corrected chi connectivity index (χ0v) is 35.7. The Bertz CT molecular complexity index is 1920. The molecule has 10 atom stereocenters. The van der Waals surface area contributed by atoms with Crippen LogP contribution in [0.5, 0.6) is 0 Å². The van der Waals surface area contributed by atoms with Gasteiger partial charge in [0, 0.05) is 65.2 Å². The van der Waals surface area contributed by atoms with E-state index in [1.54, 1.807) is 19.9 Å². The van der Waals surface area contributed by atoms with E-state index in [-0.39, 0.29) is 5.56 Å². The molecule has 0 aromatic heterocycles. The second kappa shape index (κ2) is 17.9. The number of hydrogen-bond donors (Lipinski definition) is 0. The summed E-state index contributed by atoms with van der Waals surface area (Å²) in [6.07, 6.45) is -8.46. The summed E-state index contributed by atoms with van der Waals surface area (Å²) in [6, 6.07) is 7.48. The van der Waals surface area contributed by atoms with Crippen LogP contribution in [0.2, 0.25) is 0 Å². The number of ketones is 1. The summed E-state index contributed by atoms with van der Waals surface area (Å²) in [5.41, 5.74) is -8.65. The van der Waals surface area contributed by atoms with Crippen molar-refractivity contribution in [2.75, 3.05) is 0 Å². The molecule has 1 aromatic rings. The molecule has 17 nitrogen and oxygen atoms in total. The highest BCUT2D eigenvalue weighted by Crippen LogP contribution is 2.57.